The van der Waals surface area contributed by atoms with Crippen LogP contribution in [0.4, 0.5) is 0 Å². The maximum Gasteiger partial charge on any atom is 0.148 e. The summed E-state index contributed by atoms with van der Waals surface area (Å²) in [5.41, 5.74) is 12.5. The van der Waals surface area contributed by atoms with E-state index in [1.165, 1.54) is 0 Å². The zero-order valence-electron chi connectivity index (χ0n) is 39.8. The van der Waals surface area contributed by atoms with E-state index in [2.05, 4.69) is 90.9 Å². The van der Waals surface area contributed by atoms with Gasteiger partial charge in [-0.2, -0.15) is 0 Å². The number of phenols is 1. The molecule has 0 aliphatic heterocycles. The topological polar surface area (TPSA) is 50.9 Å². The number of aromatic nitrogens is 3. The van der Waals surface area contributed by atoms with Crippen LogP contribution >= 0.6 is 0 Å². The number of imidazole rings is 1. The second-order valence-corrected chi connectivity index (χ2v) is 18.0. The molecule has 6 aromatic carbocycles. The first-order valence-corrected chi connectivity index (χ1v) is 20.3. The summed E-state index contributed by atoms with van der Waals surface area (Å²) in [6, 6.07) is 45.4. The maximum absolute atomic E-state index is 12.3. The number of para-hydroxylation sites is 1. The van der Waals surface area contributed by atoms with Gasteiger partial charge in [0.05, 0.1) is 22.3 Å². The number of phenolic OH excluding ortho intramolecular Hbond substituents is 1. The van der Waals surface area contributed by atoms with Crippen molar-refractivity contribution in [3.05, 3.63) is 167 Å². The van der Waals surface area contributed by atoms with E-state index in [0.717, 1.165) is 66.9 Å². The summed E-state index contributed by atoms with van der Waals surface area (Å²) in [6.45, 7) is 16.0. The number of hydrogen-bond donors (Lipinski definition) is 1. The largest absolute Gasteiger partial charge is 0.507 e. The molecule has 0 fully saturated rings. The molecule has 0 saturated heterocycles. The van der Waals surface area contributed by atoms with Crippen molar-refractivity contribution in [2.45, 2.75) is 85.9 Å². The summed E-state index contributed by atoms with van der Waals surface area (Å²) in [7, 11) is 0. The molecule has 0 spiro atoms. The third kappa shape index (κ3) is 8.28. The van der Waals surface area contributed by atoms with Gasteiger partial charge in [-0.3, -0.25) is 9.55 Å². The molecule has 1 N–H and O–H groups in total. The minimum atomic E-state index is -2.49. The van der Waals surface area contributed by atoms with Crippen molar-refractivity contribution in [1.29, 1.82) is 0 Å². The van der Waals surface area contributed by atoms with Crippen LogP contribution in [0.25, 0.3) is 72.7 Å². The van der Waals surface area contributed by atoms with Gasteiger partial charge in [0.15, 0.2) is 0 Å². The van der Waals surface area contributed by atoms with Crippen molar-refractivity contribution in [1.82, 2.24) is 14.5 Å². The molecule has 2 aromatic heterocycles. The van der Waals surface area contributed by atoms with Crippen LogP contribution in [-0.2, 0) is 31.9 Å². The molecule has 0 aliphatic carbocycles. The third-order valence-corrected chi connectivity index (χ3v) is 11.2. The molecule has 306 valence electrons. The average Bonchev–Trinajstić information content (AvgIpc) is 3.62. The summed E-state index contributed by atoms with van der Waals surface area (Å²) < 4.78 is 37.0. The quantitative estimate of drug-likeness (QED) is 0.162. The third-order valence-electron chi connectivity index (χ3n) is 11.2. The molecule has 0 bridgehead atoms. The van der Waals surface area contributed by atoms with Crippen LogP contribution in [-0.4, -0.2) is 19.6 Å². The Kier molecular flexibility index (Phi) is 10.3. The van der Waals surface area contributed by atoms with E-state index in [4.69, 9.17) is 15.5 Å². The van der Waals surface area contributed by atoms with Crippen molar-refractivity contribution in [2.24, 2.45) is 0 Å². The summed E-state index contributed by atoms with van der Waals surface area (Å²) in [5.74, 6) is -0.143. The van der Waals surface area contributed by atoms with Crippen molar-refractivity contribution in [2.75, 3.05) is 0 Å². The fourth-order valence-corrected chi connectivity index (χ4v) is 7.84. The summed E-state index contributed by atoms with van der Waals surface area (Å²) in [5, 5.41) is 12.3. The van der Waals surface area contributed by atoms with E-state index in [9.17, 15) is 5.11 Å². The van der Waals surface area contributed by atoms with Crippen molar-refractivity contribution in [3.8, 4) is 67.5 Å². The Hall–Kier alpha value is -5.57. The molecule has 0 aliphatic rings. The van der Waals surface area contributed by atoms with Gasteiger partial charge in [0.1, 0.15) is 11.6 Å². The predicted octanol–water partition coefficient (Wildman–Crippen LogP) is 14.6. The number of rotatable bonds is 7. The summed E-state index contributed by atoms with van der Waals surface area (Å²) in [6.07, 6.45) is 1.81. The molecule has 0 unspecified atom stereocenters. The Morgan fingerprint density at radius 3 is 2.07 bits per heavy atom. The van der Waals surface area contributed by atoms with E-state index < -0.39 is 18.2 Å². The summed E-state index contributed by atoms with van der Waals surface area (Å²) >= 11 is 0. The smallest absolute Gasteiger partial charge is 0.148 e. The first-order valence-electron chi connectivity index (χ1n) is 22.3. The van der Waals surface area contributed by atoms with Crippen LogP contribution in [0.1, 0.15) is 94.6 Å². The first kappa shape index (κ1) is 37.4. The second-order valence-electron chi connectivity index (χ2n) is 18.0. The SMILES string of the molecule is [2H]C([2H])([2H])c1cc(-c2ccccc2)ccc1-n1c(-c2cc(C(C)(C)C)cc(C(C)(C)C)c2O)nc2c(-c3[c-]c(-c4cc(-c5ccc(C([2H])(C)C)cc5)ccn4)cc(C)c3)cccc21.[Pt]. The Morgan fingerprint density at radius 1 is 0.700 bits per heavy atom. The first-order chi connectivity index (χ1) is 29.6. The Balaban J connectivity index is 0.00000612. The molecule has 0 radical (unpaired) electrons. The molecule has 4 nitrogen and oxygen atoms in total. The van der Waals surface area contributed by atoms with E-state index in [0.29, 0.717) is 28.1 Å². The molecular formula is C55H54N3OPt-. The van der Waals surface area contributed by atoms with Crippen LogP contribution in [0.3, 0.4) is 0 Å². The van der Waals surface area contributed by atoms with Crippen molar-refractivity contribution in [3.63, 3.8) is 0 Å². The van der Waals surface area contributed by atoms with Gasteiger partial charge >= 0.3 is 0 Å². The number of fused-ring (bicyclic) bond motifs is 1. The van der Waals surface area contributed by atoms with Gasteiger partial charge in [-0.05, 0) is 92.9 Å². The van der Waals surface area contributed by atoms with Crippen LogP contribution in [0, 0.1) is 19.8 Å². The standard InChI is InChI=1S/C55H54N3O.Pt/c1-34(2)37-19-21-39(22-20-37)41-25-26-56-48(31-41)43-28-35(3)27-42(30-43)45-17-14-18-50-51(45)57-53(46-32-44(54(5,6)7)33-47(52(46)59)55(8,9)10)58(50)49-24-23-40(29-36(49)4)38-15-12-11-13-16-38;/h11-29,31-34,59H,1-10H3;/q-1;/i4D3,34D;. The van der Waals surface area contributed by atoms with Crippen molar-refractivity contribution < 1.29 is 31.7 Å². The van der Waals surface area contributed by atoms with Crippen LogP contribution < -0.4 is 0 Å². The molecular weight excluding hydrogens is 914 g/mol. The van der Waals surface area contributed by atoms with Gasteiger partial charge in [0.2, 0.25) is 0 Å². The number of aryl methyl sites for hydroxylation is 2. The molecule has 2 heterocycles. The minimum absolute atomic E-state index is 0. The van der Waals surface area contributed by atoms with Gasteiger partial charge in [-0.25, -0.2) is 4.98 Å². The molecule has 8 rings (SSSR count). The Bertz CT molecular complexity index is 3010. The predicted molar refractivity (Wildman–Crippen MR) is 248 cm³/mol. The fraction of sp³-hybridized carbons (Fsp3) is 0.236. The molecule has 60 heavy (non-hydrogen) atoms. The van der Waals surface area contributed by atoms with E-state index in [1.807, 2.05) is 110 Å². The van der Waals surface area contributed by atoms with Gasteiger partial charge in [0.25, 0.3) is 0 Å². The van der Waals surface area contributed by atoms with Gasteiger partial charge < -0.3 is 5.11 Å². The molecule has 8 aromatic rings. The maximum atomic E-state index is 12.3. The van der Waals surface area contributed by atoms with Gasteiger partial charge in [-0.15, -0.1) is 29.3 Å². The minimum Gasteiger partial charge on any atom is -0.507 e. The van der Waals surface area contributed by atoms with Crippen molar-refractivity contribution >= 4 is 11.0 Å². The molecule has 5 heteroatoms. The van der Waals surface area contributed by atoms with Crippen LogP contribution in [0.15, 0.2) is 134 Å². The average molecular weight is 972 g/mol. The number of nitrogens with zero attached hydrogens (tertiary/aromatic N) is 3. The zero-order valence-corrected chi connectivity index (χ0v) is 38.1. The van der Waals surface area contributed by atoms with Gasteiger partial charge in [-0.1, -0.05) is 158 Å². The van der Waals surface area contributed by atoms with E-state index >= 15 is 0 Å². The number of pyridine rings is 1. The number of hydrogen-bond acceptors (Lipinski definition) is 3. The van der Waals surface area contributed by atoms with Crippen LogP contribution in [0.2, 0.25) is 0 Å². The monoisotopic (exact) mass is 971 g/mol. The van der Waals surface area contributed by atoms with E-state index in [-0.39, 0.29) is 37.8 Å². The molecule has 0 amide bonds. The fourth-order valence-electron chi connectivity index (χ4n) is 7.84. The Labute approximate surface area is 376 Å². The van der Waals surface area contributed by atoms with Gasteiger partial charge in [0, 0.05) is 44.0 Å². The van der Waals surface area contributed by atoms with E-state index in [1.54, 1.807) is 6.07 Å². The number of aromatic hydroxyl groups is 1. The summed E-state index contributed by atoms with van der Waals surface area (Å²) in [4.78, 5) is 10.2. The second kappa shape index (κ2) is 16.5. The Morgan fingerprint density at radius 2 is 1.38 bits per heavy atom. The normalized spacial score (nSPS) is 13.3. The zero-order chi connectivity index (χ0) is 45.2. The van der Waals surface area contributed by atoms with Crippen LogP contribution in [0.5, 0.6) is 5.75 Å². The molecule has 0 saturated carbocycles. The molecule has 0 atom stereocenters. The number of benzene rings is 6.